The van der Waals surface area contributed by atoms with Gasteiger partial charge in [-0.1, -0.05) is 37.1 Å². The summed E-state index contributed by atoms with van der Waals surface area (Å²) < 4.78 is 0. The summed E-state index contributed by atoms with van der Waals surface area (Å²) in [5.74, 6) is 1.04. The van der Waals surface area contributed by atoms with Gasteiger partial charge in [-0.25, -0.2) is 0 Å². The second-order valence-electron chi connectivity index (χ2n) is 6.50. The van der Waals surface area contributed by atoms with Gasteiger partial charge in [0, 0.05) is 24.9 Å². The van der Waals surface area contributed by atoms with Gasteiger partial charge in [-0.15, -0.1) is 0 Å². The Morgan fingerprint density at radius 2 is 2.10 bits per heavy atom. The van der Waals surface area contributed by atoms with E-state index in [2.05, 4.69) is 29.2 Å². The second kappa shape index (κ2) is 6.09. The first-order valence-corrected chi connectivity index (χ1v) is 8.05. The Labute approximate surface area is 122 Å². The minimum atomic E-state index is 0.343. The molecular weight excluding hydrogens is 246 g/mol. The van der Waals surface area contributed by atoms with Gasteiger partial charge in [-0.3, -0.25) is 9.69 Å². The molecule has 1 aliphatic heterocycles. The molecule has 1 aromatic rings. The zero-order valence-electron chi connectivity index (χ0n) is 12.5. The highest BCUT2D eigenvalue weighted by Gasteiger charge is 2.30. The van der Waals surface area contributed by atoms with E-state index >= 15 is 0 Å². The van der Waals surface area contributed by atoms with Crippen molar-refractivity contribution < 1.29 is 4.79 Å². The van der Waals surface area contributed by atoms with E-state index < -0.39 is 0 Å². The maximum Gasteiger partial charge on any atom is 0.131 e. The molecule has 0 spiro atoms. The molecule has 20 heavy (non-hydrogen) atoms. The summed E-state index contributed by atoms with van der Waals surface area (Å²) in [6.45, 7) is 4.06. The van der Waals surface area contributed by atoms with E-state index in [0.29, 0.717) is 17.7 Å². The van der Waals surface area contributed by atoms with Crippen molar-refractivity contribution in [3.63, 3.8) is 0 Å². The quantitative estimate of drug-likeness (QED) is 0.834. The topological polar surface area (TPSA) is 20.3 Å². The van der Waals surface area contributed by atoms with Crippen molar-refractivity contribution in [2.45, 2.75) is 57.4 Å². The van der Waals surface area contributed by atoms with E-state index in [1.807, 2.05) is 0 Å². The van der Waals surface area contributed by atoms with Gasteiger partial charge >= 0.3 is 0 Å². The minimum Gasteiger partial charge on any atom is -0.300 e. The number of nitrogens with zero attached hydrogens (tertiary/aromatic N) is 1. The van der Waals surface area contributed by atoms with Gasteiger partial charge in [0.15, 0.2) is 0 Å². The van der Waals surface area contributed by atoms with E-state index in [9.17, 15) is 4.79 Å². The van der Waals surface area contributed by atoms with Crippen molar-refractivity contribution >= 4 is 5.78 Å². The van der Waals surface area contributed by atoms with Gasteiger partial charge in [-0.05, 0) is 43.9 Å². The smallest absolute Gasteiger partial charge is 0.131 e. The van der Waals surface area contributed by atoms with Crippen LogP contribution in [-0.4, -0.2) is 29.8 Å². The highest BCUT2D eigenvalue weighted by atomic mass is 16.1. The maximum atomic E-state index is 11.5. The lowest BCUT2D eigenvalue weighted by Gasteiger charge is -2.37. The Balaban J connectivity index is 1.66. The third-order valence-electron chi connectivity index (χ3n) is 4.94. The van der Waals surface area contributed by atoms with Gasteiger partial charge < -0.3 is 0 Å². The lowest BCUT2D eigenvalue weighted by Crippen LogP contribution is -2.41. The molecule has 1 heterocycles. The van der Waals surface area contributed by atoms with Crippen molar-refractivity contribution in [2.24, 2.45) is 0 Å². The fourth-order valence-electron chi connectivity index (χ4n) is 3.85. The second-order valence-corrected chi connectivity index (χ2v) is 6.50. The molecule has 1 aliphatic carbocycles. The molecule has 1 fully saturated rings. The summed E-state index contributed by atoms with van der Waals surface area (Å²) in [5.41, 5.74) is 3.06. The molecule has 2 nitrogen and oxygen atoms in total. The van der Waals surface area contributed by atoms with Crippen molar-refractivity contribution in [2.75, 3.05) is 13.1 Å². The number of ketones is 1. The molecule has 1 aromatic carbocycles. The van der Waals surface area contributed by atoms with Crippen LogP contribution in [0.1, 0.15) is 56.1 Å². The van der Waals surface area contributed by atoms with Crippen LogP contribution in [0.2, 0.25) is 0 Å². The SMILES string of the molecule is CC(=O)CC1CCCCCN1CC1Cc2ccccc21. The average molecular weight is 271 g/mol. The Morgan fingerprint density at radius 3 is 2.90 bits per heavy atom. The number of carbonyl (C=O) groups excluding carboxylic acids is 1. The van der Waals surface area contributed by atoms with E-state index in [1.165, 1.54) is 44.2 Å². The summed E-state index contributed by atoms with van der Waals surface area (Å²) >= 11 is 0. The van der Waals surface area contributed by atoms with Crippen LogP contribution in [0, 0.1) is 0 Å². The molecule has 2 heteroatoms. The summed E-state index contributed by atoms with van der Waals surface area (Å²) in [6, 6.07) is 9.31. The molecule has 0 radical (unpaired) electrons. The number of likely N-dealkylation sites (tertiary alicyclic amines) is 1. The largest absolute Gasteiger partial charge is 0.300 e. The van der Waals surface area contributed by atoms with Crippen LogP contribution in [0.5, 0.6) is 0 Å². The van der Waals surface area contributed by atoms with Crippen LogP contribution in [-0.2, 0) is 11.2 Å². The molecule has 3 rings (SSSR count). The third-order valence-corrected chi connectivity index (χ3v) is 4.94. The zero-order valence-corrected chi connectivity index (χ0v) is 12.5. The first-order chi connectivity index (χ1) is 9.74. The van der Waals surface area contributed by atoms with Crippen molar-refractivity contribution in [1.82, 2.24) is 4.90 Å². The zero-order chi connectivity index (χ0) is 13.9. The summed E-state index contributed by atoms with van der Waals surface area (Å²) in [4.78, 5) is 14.1. The van der Waals surface area contributed by atoms with Crippen LogP contribution in [0.15, 0.2) is 24.3 Å². The average Bonchev–Trinajstić information content (AvgIpc) is 2.61. The van der Waals surface area contributed by atoms with Gasteiger partial charge in [0.25, 0.3) is 0 Å². The molecule has 0 amide bonds. The number of fused-ring (bicyclic) bond motifs is 1. The highest BCUT2D eigenvalue weighted by Crippen LogP contribution is 2.36. The fourth-order valence-corrected chi connectivity index (χ4v) is 3.85. The Morgan fingerprint density at radius 1 is 1.25 bits per heavy atom. The van der Waals surface area contributed by atoms with Crippen LogP contribution >= 0.6 is 0 Å². The number of rotatable bonds is 4. The number of hydrogen-bond acceptors (Lipinski definition) is 2. The van der Waals surface area contributed by atoms with Gasteiger partial charge in [0.05, 0.1) is 0 Å². The molecule has 108 valence electrons. The third kappa shape index (κ3) is 2.95. The van der Waals surface area contributed by atoms with E-state index in [1.54, 1.807) is 12.5 Å². The van der Waals surface area contributed by atoms with Crippen LogP contribution in [0.25, 0.3) is 0 Å². The predicted octanol–water partition coefficient (Wildman–Crippen LogP) is 3.55. The van der Waals surface area contributed by atoms with E-state index in [0.717, 1.165) is 13.0 Å². The minimum absolute atomic E-state index is 0.343. The summed E-state index contributed by atoms with van der Waals surface area (Å²) in [7, 11) is 0. The first kappa shape index (κ1) is 13.8. The van der Waals surface area contributed by atoms with Gasteiger partial charge in [0.2, 0.25) is 0 Å². The summed E-state index contributed by atoms with van der Waals surface area (Å²) in [5, 5.41) is 0. The highest BCUT2D eigenvalue weighted by molar-refractivity contribution is 5.76. The monoisotopic (exact) mass is 271 g/mol. The molecule has 2 aliphatic rings. The van der Waals surface area contributed by atoms with Crippen molar-refractivity contribution in [3.8, 4) is 0 Å². The predicted molar refractivity (Wildman–Crippen MR) is 82.0 cm³/mol. The number of Topliss-reactive ketones (excluding diaryl/α,β-unsaturated/α-hetero) is 1. The maximum absolute atomic E-state index is 11.5. The lowest BCUT2D eigenvalue weighted by atomic mass is 9.77. The molecule has 2 unspecified atom stereocenters. The molecule has 1 saturated heterocycles. The van der Waals surface area contributed by atoms with Crippen LogP contribution in [0.4, 0.5) is 0 Å². The Bertz CT molecular complexity index is 482. The van der Waals surface area contributed by atoms with Crippen LogP contribution in [0.3, 0.4) is 0 Å². The molecule has 0 saturated carbocycles. The van der Waals surface area contributed by atoms with E-state index in [4.69, 9.17) is 0 Å². The molecular formula is C18H25NO. The molecule has 2 atom stereocenters. The normalized spacial score (nSPS) is 26.4. The standard InChI is InChI=1S/C18H25NO/c1-14(20)11-17-8-3-2-6-10-19(17)13-16-12-15-7-4-5-9-18(15)16/h4-5,7,9,16-17H,2-3,6,8,10-13H2,1H3. The molecule has 0 N–H and O–H groups in total. The lowest BCUT2D eigenvalue weighted by molar-refractivity contribution is -0.118. The molecule has 0 bridgehead atoms. The first-order valence-electron chi connectivity index (χ1n) is 8.05. The number of benzene rings is 1. The van der Waals surface area contributed by atoms with Gasteiger partial charge in [-0.2, -0.15) is 0 Å². The summed E-state index contributed by atoms with van der Waals surface area (Å²) in [6.07, 6.45) is 7.08. The molecule has 0 aromatic heterocycles. The Hall–Kier alpha value is -1.15. The Kier molecular flexibility index (Phi) is 4.21. The number of hydrogen-bond donors (Lipinski definition) is 0. The van der Waals surface area contributed by atoms with Gasteiger partial charge in [0.1, 0.15) is 5.78 Å². The fraction of sp³-hybridized carbons (Fsp3) is 0.611. The number of carbonyl (C=O) groups is 1. The van der Waals surface area contributed by atoms with Crippen molar-refractivity contribution in [3.05, 3.63) is 35.4 Å². The van der Waals surface area contributed by atoms with Crippen LogP contribution < -0.4 is 0 Å². The van der Waals surface area contributed by atoms with E-state index in [-0.39, 0.29) is 0 Å². The van der Waals surface area contributed by atoms with Crippen molar-refractivity contribution in [1.29, 1.82) is 0 Å².